The molecule has 1 heterocycles. The number of rotatable bonds is 6. The van der Waals surface area contributed by atoms with Crippen LogP contribution in [-0.2, 0) is 6.61 Å². The molecule has 4 aromatic rings. The van der Waals surface area contributed by atoms with Crippen LogP contribution < -0.4 is 14.9 Å². The summed E-state index contributed by atoms with van der Waals surface area (Å²) in [4.78, 5) is 12.9. The van der Waals surface area contributed by atoms with E-state index < -0.39 is 0 Å². The van der Waals surface area contributed by atoms with Crippen molar-refractivity contribution in [1.29, 1.82) is 0 Å². The van der Waals surface area contributed by atoms with Crippen LogP contribution in [0.15, 0.2) is 76.1 Å². The van der Waals surface area contributed by atoms with E-state index in [-0.39, 0.29) is 23.7 Å². The van der Waals surface area contributed by atoms with Crippen molar-refractivity contribution in [2.24, 2.45) is 0 Å². The third kappa shape index (κ3) is 4.55. The van der Waals surface area contributed by atoms with Crippen LogP contribution in [0.3, 0.4) is 0 Å². The van der Waals surface area contributed by atoms with Gasteiger partial charge in [0.1, 0.15) is 30.0 Å². The molecule has 0 fully saturated rings. The molecule has 0 N–H and O–H groups in total. The van der Waals surface area contributed by atoms with E-state index in [4.69, 9.17) is 37.1 Å². The van der Waals surface area contributed by atoms with Gasteiger partial charge in [0.05, 0.1) is 5.39 Å². The summed E-state index contributed by atoms with van der Waals surface area (Å²) in [5.41, 5.74) is 1.86. The van der Waals surface area contributed by atoms with Gasteiger partial charge in [-0.15, -0.1) is 0 Å². The van der Waals surface area contributed by atoms with Crippen molar-refractivity contribution in [3.8, 4) is 17.2 Å². The molecule has 0 bridgehead atoms. The van der Waals surface area contributed by atoms with Gasteiger partial charge in [0, 0.05) is 21.7 Å². The summed E-state index contributed by atoms with van der Waals surface area (Å²) >= 11 is 12.4. The van der Waals surface area contributed by atoms with Gasteiger partial charge < -0.3 is 13.9 Å². The number of halogens is 2. The molecule has 4 nitrogen and oxygen atoms in total. The predicted molar refractivity (Wildman–Crippen MR) is 124 cm³/mol. The number of hydrogen-bond donors (Lipinski definition) is 0. The van der Waals surface area contributed by atoms with Crippen molar-refractivity contribution in [3.05, 3.63) is 98.3 Å². The third-order valence-corrected chi connectivity index (χ3v) is 5.63. The van der Waals surface area contributed by atoms with Crippen molar-refractivity contribution in [2.75, 3.05) is 0 Å². The lowest BCUT2D eigenvalue weighted by Gasteiger charge is -2.13. The normalized spacial score (nSPS) is 11.1. The molecule has 0 unspecified atom stereocenters. The molecule has 0 aliphatic carbocycles. The highest BCUT2D eigenvalue weighted by Gasteiger charge is 2.14. The van der Waals surface area contributed by atoms with Crippen molar-refractivity contribution < 1.29 is 13.9 Å². The molecular formula is C25H20Cl2O4. The molecule has 0 saturated carbocycles. The summed E-state index contributed by atoms with van der Waals surface area (Å²) in [6.07, 6.45) is 1.33. The maximum atomic E-state index is 12.9. The van der Waals surface area contributed by atoms with E-state index in [1.54, 1.807) is 36.4 Å². The molecule has 0 radical (unpaired) electrons. The van der Waals surface area contributed by atoms with Gasteiger partial charge in [0.25, 0.3) is 0 Å². The Labute approximate surface area is 189 Å². The monoisotopic (exact) mass is 454 g/mol. The molecular weight excluding hydrogens is 435 g/mol. The van der Waals surface area contributed by atoms with E-state index in [1.165, 1.54) is 6.26 Å². The second-order valence-electron chi connectivity index (χ2n) is 7.37. The van der Waals surface area contributed by atoms with Gasteiger partial charge in [0.2, 0.25) is 11.2 Å². The lowest BCUT2D eigenvalue weighted by molar-refractivity contribution is 0.306. The number of fused-ring (bicyclic) bond motifs is 1. The largest absolute Gasteiger partial charge is 0.489 e. The lowest BCUT2D eigenvalue weighted by Crippen LogP contribution is -2.06. The molecule has 0 saturated heterocycles. The Morgan fingerprint density at radius 3 is 2.42 bits per heavy atom. The van der Waals surface area contributed by atoms with E-state index in [0.29, 0.717) is 38.1 Å². The zero-order valence-corrected chi connectivity index (χ0v) is 18.5. The Bertz CT molecular complexity index is 1270. The molecule has 0 atom stereocenters. The highest BCUT2D eigenvalue weighted by atomic mass is 35.5. The van der Waals surface area contributed by atoms with E-state index in [1.807, 2.05) is 24.3 Å². The zero-order chi connectivity index (χ0) is 22.0. The van der Waals surface area contributed by atoms with Crippen LogP contribution in [0.2, 0.25) is 10.0 Å². The van der Waals surface area contributed by atoms with Gasteiger partial charge in [-0.3, -0.25) is 4.79 Å². The third-order valence-electron chi connectivity index (χ3n) is 4.92. The summed E-state index contributed by atoms with van der Waals surface area (Å²) in [6.45, 7) is 4.34. The van der Waals surface area contributed by atoms with E-state index in [2.05, 4.69) is 13.8 Å². The van der Waals surface area contributed by atoms with Crippen LogP contribution in [0.25, 0.3) is 11.0 Å². The SMILES string of the molecule is CC(C)c1ccccc1Oc1coc2cc(OCc3c(Cl)cccc3Cl)ccc2c1=O. The predicted octanol–water partition coefficient (Wildman–Crippen LogP) is 7.59. The minimum Gasteiger partial charge on any atom is -0.489 e. The molecule has 0 aliphatic rings. The second kappa shape index (κ2) is 9.04. The first kappa shape index (κ1) is 21.3. The van der Waals surface area contributed by atoms with Crippen LogP contribution in [0.5, 0.6) is 17.2 Å². The van der Waals surface area contributed by atoms with Crippen molar-refractivity contribution in [3.63, 3.8) is 0 Å². The Balaban J connectivity index is 1.59. The Hall–Kier alpha value is -2.95. The van der Waals surface area contributed by atoms with Crippen molar-refractivity contribution >= 4 is 34.2 Å². The number of ether oxygens (including phenoxy) is 2. The van der Waals surface area contributed by atoms with Crippen LogP contribution in [0.1, 0.15) is 30.9 Å². The molecule has 158 valence electrons. The van der Waals surface area contributed by atoms with E-state index in [9.17, 15) is 4.79 Å². The van der Waals surface area contributed by atoms with Crippen molar-refractivity contribution in [1.82, 2.24) is 0 Å². The van der Waals surface area contributed by atoms with Gasteiger partial charge in [-0.25, -0.2) is 0 Å². The molecule has 3 aromatic carbocycles. The van der Waals surface area contributed by atoms with Crippen molar-refractivity contribution in [2.45, 2.75) is 26.4 Å². The molecule has 4 rings (SSSR count). The summed E-state index contributed by atoms with van der Waals surface area (Å²) in [5, 5.41) is 1.47. The van der Waals surface area contributed by atoms with Gasteiger partial charge >= 0.3 is 0 Å². The van der Waals surface area contributed by atoms with Crippen LogP contribution in [0.4, 0.5) is 0 Å². The lowest BCUT2D eigenvalue weighted by atomic mass is 10.0. The number of benzene rings is 3. The average molecular weight is 455 g/mol. The topological polar surface area (TPSA) is 48.7 Å². The maximum absolute atomic E-state index is 12.9. The fraction of sp³-hybridized carbons (Fsp3) is 0.160. The summed E-state index contributed by atoms with van der Waals surface area (Å²) in [6, 6.07) is 18.0. The fourth-order valence-electron chi connectivity index (χ4n) is 3.25. The van der Waals surface area contributed by atoms with Crippen LogP contribution in [-0.4, -0.2) is 0 Å². The highest BCUT2D eigenvalue weighted by molar-refractivity contribution is 6.35. The Morgan fingerprint density at radius 2 is 1.68 bits per heavy atom. The summed E-state index contributed by atoms with van der Waals surface area (Å²) in [5.74, 6) is 1.57. The van der Waals surface area contributed by atoms with Gasteiger partial charge in [-0.2, -0.15) is 0 Å². The molecule has 6 heteroatoms. The van der Waals surface area contributed by atoms with Gasteiger partial charge in [-0.1, -0.05) is 61.3 Å². The molecule has 0 aliphatic heterocycles. The van der Waals surface area contributed by atoms with Gasteiger partial charge in [-0.05, 0) is 41.8 Å². The fourth-order valence-corrected chi connectivity index (χ4v) is 3.75. The molecule has 1 aromatic heterocycles. The molecule has 0 spiro atoms. The minimum absolute atomic E-state index is 0.136. The highest BCUT2D eigenvalue weighted by Crippen LogP contribution is 2.31. The first-order valence-corrected chi connectivity index (χ1v) is 10.6. The maximum Gasteiger partial charge on any atom is 0.235 e. The smallest absolute Gasteiger partial charge is 0.235 e. The van der Waals surface area contributed by atoms with E-state index >= 15 is 0 Å². The Kier molecular flexibility index (Phi) is 6.21. The standard InChI is InChI=1S/C25H20Cl2O4/c1-15(2)17-6-3-4-9-22(17)31-24-14-30-23-12-16(10-11-18(23)25(24)28)29-13-19-20(26)7-5-8-21(19)27/h3-12,14-15H,13H2,1-2H3. The summed E-state index contributed by atoms with van der Waals surface area (Å²) < 4.78 is 17.4. The first-order valence-electron chi connectivity index (χ1n) is 9.82. The zero-order valence-electron chi connectivity index (χ0n) is 17.0. The average Bonchev–Trinajstić information content (AvgIpc) is 2.75. The number of para-hydroxylation sites is 1. The summed E-state index contributed by atoms with van der Waals surface area (Å²) in [7, 11) is 0. The number of hydrogen-bond acceptors (Lipinski definition) is 4. The molecule has 0 amide bonds. The van der Waals surface area contributed by atoms with E-state index in [0.717, 1.165) is 5.56 Å². The Morgan fingerprint density at radius 1 is 0.935 bits per heavy atom. The molecule has 31 heavy (non-hydrogen) atoms. The van der Waals surface area contributed by atoms with Crippen LogP contribution >= 0.6 is 23.2 Å². The quantitative estimate of drug-likeness (QED) is 0.301. The van der Waals surface area contributed by atoms with Gasteiger partial charge in [0.15, 0.2) is 0 Å². The van der Waals surface area contributed by atoms with Crippen LogP contribution in [0, 0.1) is 0 Å². The second-order valence-corrected chi connectivity index (χ2v) is 8.18. The first-order chi connectivity index (χ1) is 14.9. The minimum atomic E-state index is -0.250.